The number of aliphatic hydroxyl groups is 1. The number of phenolic OH excluding ortho intramolecular Hbond substituents is 1. The number of halogens is 1. The Morgan fingerprint density at radius 1 is 1.31 bits per heavy atom. The Bertz CT molecular complexity index is 706. The number of nitrogens with one attached hydrogen (secondary N) is 2. The molecule has 0 amide bonds. The lowest BCUT2D eigenvalue weighted by molar-refractivity contribution is 0.0621. The first-order valence-corrected chi connectivity index (χ1v) is 9.03. The Labute approximate surface area is 175 Å². The molecule has 144 valence electrons. The highest BCUT2D eigenvalue weighted by atomic mass is 127. The molecule has 6 nitrogen and oxygen atoms in total. The van der Waals surface area contributed by atoms with Crippen molar-refractivity contribution in [1.29, 1.82) is 0 Å². The number of rotatable bonds is 7. The Morgan fingerprint density at radius 2 is 2.08 bits per heavy atom. The fraction of sp³-hybridized carbons (Fsp3) is 0.389. The minimum Gasteiger partial charge on any atom is -0.508 e. The maximum Gasteiger partial charge on any atom is 0.191 e. The molecule has 0 aliphatic heterocycles. The minimum absolute atomic E-state index is 0. The van der Waals surface area contributed by atoms with E-state index in [1.807, 2.05) is 23.8 Å². The average Bonchev–Trinajstić information content (AvgIpc) is 3.14. The number of aromatic hydroxyl groups is 1. The highest BCUT2D eigenvalue weighted by molar-refractivity contribution is 14.0. The van der Waals surface area contributed by atoms with Crippen LogP contribution in [0.4, 0.5) is 0 Å². The monoisotopic (exact) mass is 491 g/mol. The van der Waals surface area contributed by atoms with E-state index in [4.69, 9.17) is 4.74 Å². The summed E-state index contributed by atoms with van der Waals surface area (Å²) in [4.78, 5) is 4.47. The van der Waals surface area contributed by atoms with Crippen LogP contribution >= 0.6 is 35.3 Å². The molecule has 2 aromatic rings. The fourth-order valence-corrected chi connectivity index (χ4v) is 3.03. The molecule has 1 heterocycles. The van der Waals surface area contributed by atoms with Crippen LogP contribution in [0.1, 0.15) is 25.0 Å². The Morgan fingerprint density at radius 3 is 2.69 bits per heavy atom. The third kappa shape index (κ3) is 6.33. The molecule has 1 aromatic carbocycles. The van der Waals surface area contributed by atoms with E-state index < -0.39 is 5.60 Å². The zero-order chi connectivity index (χ0) is 18.3. The van der Waals surface area contributed by atoms with Gasteiger partial charge in [0, 0.05) is 12.1 Å². The number of hydrogen-bond donors (Lipinski definition) is 4. The van der Waals surface area contributed by atoms with Crippen LogP contribution in [0, 0.1) is 0 Å². The van der Waals surface area contributed by atoms with E-state index in [1.165, 1.54) is 0 Å². The van der Waals surface area contributed by atoms with E-state index in [0.717, 1.165) is 5.56 Å². The molecule has 4 N–H and O–H groups in total. The second-order valence-electron chi connectivity index (χ2n) is 5.83. The molecule has 8 heteroatoms. The molecule has 2 rings (SSSR count). The van der Waals surface area contributed by atoms with Crippen molar-refractivity contribution < 1.29 is 14.9 Å². The number of aliphatic imine (C=N–C) groups is 1. The van der Waals surface area contributed by atoms with Crippen LogP contribution in [-0.4, -0.2) is 36.4 Å². The van der Waals surface area contributed by atoms with Crippen molar-refractivity contribution in [3.8, 4) is 11.5 Å². The molecule has 0 saturated carbocycles. The number of benzene rings is 1. The Hall–Kier alpha value is -1.52. The van der Waals surface area contributed by atoms with E-state index >= 15 is 0 Å². The lowest BCUT2D eigenvalue weighted by atomic mass is 9.99. The molecular formula is C18H26IN3O3S. The van der Waals surface area contributed by atoms with E-state index in [-0.39, 0.29) is 29.7 Å². The van der Waals surface area contributed by atoms with Crippen LogP contribution < -0.4 is 15.4 Å². The molecule has 0 spiro atoms. The third-order valence-electron chi connectivity index (χ3n) is 3.78. The Balaban J connectivity index is 0.00000338. The van der Waals surface area contributed by atoms with Gasteiger partial charge in [0.15, 0.2) is 5.96 Å². The van der Waals surface area contributed by atoms with Crippen molar-refractivity contribution in [3.05, 3.63) is 46.2 Å². The molecule has 0 radical (unpaired) electrons. The molecule has 0 bridgehead atoms. The molecule has 26 heavy (non-hydrogen) atoms. The lowest BCUT2D eigenvalue weighted by Crippen LogP contribution is -2.44. The van der Waals surface area contributed by atoms with Gasteiger partial charge < -0.3 is 25.6 Å². The van der Waals surface area contributed by atoms with Gasteiger partial charge >= 0.3 is 0 Å². The van der Waals surface area contributed by atoms with Crippen LogP contribution in [-0.2, 0) is 12.1 Å². The van der Waals surface area contributed by atoms with Crippen molar-refractivity contribution >= 4 is 41.3 Å². The van der Waals surface area contributed by atoms with E-state index in [9.17, 15) is 10.2 Å². The van der Waals surface area contributed by atoms with Gasteiger partial charge in [-0.25, -0.2) is 4.99 Å². The summed E-state index contributed by atoms with van der Waals surface area (Å²) in [6.45, 7) is 5.03. The van der Waals surface area contributed by atoms with Gasteiger partial charge in [0.25, 0.3) is 0 Å². The highest BCUT2D eigenvalue weighted by Gasteiger charge is 2.23. The van der Waals surface area contributed by atoms with Crippen molar-refractivity contribution in [2.45, 2.75) is 26.0 Å². The molecule has 0 aliphatic carbocycles. The average molecular weight is 491 g/mol. The van der Waals surface area contributed by atoms with Crippen LogP contribution in [0.15, 0.2) is 40.0 Å². The summed E-state index contributed by atoms with van der Waals surface area (Å²) in [5.74, 6) is 1.41. The molecule has 0 aliphatic rings. The normalized spacial score (nSPS) is 13.5. The predicted octanol–water partition coefficient (Wildman–Crippen LogP) is 3.04. The first-order valence-electron chi connectivity index (χ1n) is 8.09. The summed E-state index contributed by atoms with van der Waals surface area (Å²) in [5, 5.41) is 30.7. The first kappa shape index (κ1) is 22.5. The molecule has 0 saturated heterocycles. The largest absolute Gasteiger partial charge is 0.508 e. The van der Waals surface area contributed by atoms with Crippen molar-refractivity contribution in [2.24, 2.45) is 4.99 Å². The van der Waals surface area contributed by atoms with Gasteiger partial charge in [0.1, 0.15) is 17.1 Å². The van der Waals surface area contributed by atoms with Crippen LogP contribution in [0.2, 0.25) is 0 Å². The second-order valence-corrected chi connectivity index (χ2v) is 6.61. The first-order chi connectivity index (χ1) is 12.0. The third-order valence-corrected chi connectivity index (χ3v) is 4.46. The summed E-state index contributed by atoms with van der Waals surface area (Å²) in [7, 11) is 1.58. The Kier molecular flexibility index (Phi) is 9.17. The van der Waals surface area contributed by atoms with Crippen LogP contribution in [0.5, 0.6) is 11.5 Å². The van der Waals surface area contributed by atoms with Gasteiger partial charge in [-0.2, -0.15) is 11.3 Å². The summed E-state index contributed by atoms with van der Waals surface area (Å²) >= 11 is 1.55. The quantitative estimate of drug-likeness (QED) is 0.272. The molecule has 1 aromatic heterocycles. The van der Waals surface area contributed by atoms with E-state index in [1.54, 1.807) is 43.6 Å². The van der Waals surface area contributed by atoms with Gasteiger partial charge in [-0.05, 0) is 54.4 Å². The van der Waals surface area contributed by atoms with Crippen molar-refractivity contribution in [2.75, 3.05) is 20.2 Å². The lowest BCUT2D eigenvalue weighted by Gasteiger charge is -2.24. The fourth-order valence-electron chi connectivity index (χ4n) is 2.25. The number of ether oxygens (including phenoxy) is 1. The maximum atomic E-state index is 10.6. The molecule has 0 fully saturated rings. The number of phenols is 1. The standard InChI is InChI=1S/C18H25N3O3S.HI/c1-4-19-17(21-12-18(2,23)14-7-8-25-11-14)20-10-13-9-15(24-3)5-6-16(13)22;/h5-9,11,22-23H,4,10,12H2,1-3H3,(H2,19,20,21);1H. The number of guanidine groups is 1. The van der Waals surface area contributed by atoms with E-state index in [2.05, 4.69) is 15.6 Å². The highest BCUT2D eigenvalue weighted by Crippen LogP contribution is 2.24. The summed E-state index contributed by atoms with van der Waals surface area (Å²) in [6, 6.07) is 6.95. The van der Waals surface area contributed by atoms with Gasteiger partial charge in [0.05, 0.1) is 20.2 Å². The predicted molar refractivity (Wildman–Crippen MR) is 117 cm³/mol. The number of nitrogens with zero attached hydrogens (tertiary/aromatic N) is 1. The summed E-state index contributed by atoms with van der Waals surface area (Å²) < 4.78 is 5.17. The smallest absolute Gasteiger partial charge is 0.191 e. The topological polar surface area (TPSA) is 86.1 Å². The molecular weight excluding hydrogens is 465 g/mol. The zero-order valence-electron chi connectivity index (χ0n) is 15.2. The van der Waals surface area contributed by atoms with E-state index in [0.29, 0.717) is 36.9 Å². The van der Waals surface area contributed by atoms with Gasteiger partial charge in [-0.3, -0.25) is 0 Å². The minimum atomic E-state index is -0.992. The SMILES string of the molecule is CCNC(=NCc1cc(OC)ccc1O)NCC(C)(O)c1ccsc1.I. The zero-order valence-corrected chi connectivity index (χ0v) is 18.3. The van der Waals surface area contributed by atoms with Crippen molar-refractivity contribution in [1.82, 2.24) is 10.6 Å². The van der Waals surface area contributed by atoms with Gasteiger partial charge in [0.2, 0.25) is 0 Å². The number of methoxy groups -OCH3 is 1. The van der Waals surface area contributed by atoms with Crippen molar-refractivity contribution in [3.63, 3.8) is 0 Å². The maximum absolute atomic E-state index is 10.6. The van der Waals surface area contributed by atoms with Crippen LogP contribution in [0.25, 0.3) is 0 Å². The number of hydrogen-bond acceptors (Lipinski definition) is 5. The summed E-state index contributed by atoms with van der Waals surface area (Å²) in [5.41, 5.74) is 0.543. The number of thiophene rings is 1. The second kappa shape index (κ2) is 10.6. The summed E-state index contributed by atoms with van der Waals surface area (Å²) in [6.07, 6.45) is 0. The van der Waals surface area contributed by atoms with Gasteiger partial charge in [-0.1, -0.05) is 0 Å². The van der Waals surface area contributed by atoms with Gasteiger partial charge in [-0.15, -0.1) is 24.0 Å². The van der Waals surface area contributed by atoms with Crippen LogP contribution in [0.3, 0.4) is 0 Å². The molecule has 1 unspecified atom stereocenters. The molecule has 1 atom stereocenters.